The highest BCUT2D eigenvalue weighted by molar-refractivity contribution is 5.94. The molecule has 1 aromatic rings. The van der Waals surface area contributed by atoms with Crippen molar-refractivity contribution in [3.8, 4) is 0 Å². The molecule has 0 aromatic heterocycles. The molecule has 3 atom stereocenters. The van der Waals surface area contributed by atoms with Crippen LogP contribution in [0.1, 0.15) is 38.2 Å². The van der Waals surface area contributed by atoms with E-state index in [0.717, 1.165) is 31.0 Å². The van der Waals surface area contributed by atoms with Gasteiger partial charge in [0.1, 0.15) is 6.10 Å². The Hall–Kier alpha value is -0.850. The predicted molar refractivity (Wildman–Crippen MR) is 110 cm³/mol. The molecule has 2 saturated heterocycles. The highest BCUT2D eigenvalue weighted by Gasteiger charge is 2.29. The van der Waals surface area contributed by atoms with Crippen molar-refractivity contribution < 1.29 is 9.53 Å². The lowest BCUT2D eigenvalue weighted by molar-refractivity contribution is -0.126. The van der Waals surface area contributed by atoms with Crippen LogP contribution < -0.4 is 11.1 Å². The number of ether oxygens (including phenoxy) is 1. The molecule has 0 aliphatic carbocycles. The first-order valence-corrected chi connectivity index (χ1v) is 9.11. The van der Waals surface area contributed by atoms with Crippen LogP contribution in [0.4, 0.5) is 5.69 Å². The Labute approximate surface area is 168 Å². The van der Waals surface area contributed by atoms with Crippen LogP contribution in [0, 0.1) is 5.92 Å². The van der Waals surface area contributed by atoms with Gasteiger partial charge in [-0.25, -0.2) is 0 Å². The number of carbonyl (C=O) groups excluding carboxylic acids is 1. The first-order chi connectivity index (χ1) is 11.6. The minimum absolute atomic E-state index is 0. The average Bonchev–Trinajstić information content (AvgIpc) is 3.06. The molecule has 0 radical (unpaired) electrons. The van der Waals surface area contributed by atoms with E-state index in [1.54, 1.807) is 0 Å². The second kappa shape index (κ2) is 11.1. The largest absolute Gasteiger partial charge is 0.364 e. The number of nitrogens with one attached hydrogen (secondary N) is 1. The molecular formula is C19H31Cl2N3O2. The van der Waals surface area contributed by atoms with E-state index in [2.05, 4.69) is 29.3 Å². The summed E-state index contributed by atoms with van der Waals surface area (Å²) < 4.78 is 5.64. The molecule has 148 valence electrons. The lowest BCUT2D eigenvalue weighted by Gasteiger charge is -2.30. The van der Waals surface area contributed by atoms with Crippen LogP contribution in [0.5, 0.6) is 0 Å². The minimum atomic E-state index is -0.368. The smallest absolute Gasteiger partial charge is 0.253 e. The van der Waals surface area contributed by atoms with Crippen LogP contribution in [0.3, 0.4) is 0 Å². The first kappa shape index (κ1) is 23.2. The summed E-state index contributed by atoms with van der Waals surface area (Å²) in [6, 6.07) is 8.17. The van der Waals surface area contributed by atoms with Crippen LogP contribution in [0.2, 0.25) is 0 Å². The second-order valence-corrected chi connectivity index (χ2v) is 7.23. The fourth-order valence-electron chi connectivity index (χ4n) is 3.68. The molecule has 1 aromatic carbocycles. The summed E-state index contributed by atoms with van der Waals surface area (Å²) >= 11 is 0. The van der Waals surface area contributed by atoms with Crippen molar-refractivity contribution in [2.75, 3.05) is 25.0 Å². The molecule has 2 aliphatic rings. The molecule has 3 N–H and O–H groups in total. The van der Waals surface area contributed by atoms with Gasteiger partial charge in [-0.05, 0) is 55.8 Å². The maximum atomic E-state index is 12.2. The molecule has 5 nitrogen and oxygen atoms in total. The Morgan fingerprint density at radius 2 is 1.96 bits per heavy atom. The van der Waals surface area contributed by atoms with Gasteiger partial charge in [0, 0.05) is 25.3 Å². The van der Waals surface area contributed by atoms with Gasteiger partial charge >= 0.3 is 0 Å². The summed E-state index contributed by atoms with van der Waals surface area (Å²) in [7, 11) is 0. The van der Waals surface area contributed by atoms with Gasteiger partial charge in [-0.3, -0.25) is 9.69 Å². The van der Waals surface area contributed by atoms with Crippen LogP contribution in [-0.2, 0) is 16.1 Å². The van der Waals surface area contributed by atoms with Gasteiger partial charge in [-0.1, -0.05) is 19.1 Å². The van der Waals surface area contributed by atoms with E-state index < -0.39 is 0 Å². The lowest BCUT2D eigenvalue weighted by Crippen LogP contribution is -2.33. The molecule has 1 unspecified atom stereocenters. The number of halogens is 2. The third-order valence-corrected chi connectivity index (χ3v) is 5.03. The predicted octanol–water partition coefficient (Wildman–Crippen LogP) is 3.21. The number of nitrogens with two attached hydrogens (primary N) is 1. The van der Waals surface area contributed by atoms with Crippen molar-refractivity contribution in [2.24, 2.45) is 11.7 Å². The summed E-state index contributed by atoms with van der Waals surface area (Å²) in [5.41, 5.74) is 7.71. The van der Waals surface area contributed by atoms with E-state index in [4.69, 9.17) is 10.5 Å². The molecule has 26 heavy (non-hydrogen) atoms. The quantitative estimate of drug-likeness (QED) is 0.791. The Morgan fingerprint density at radius 1 is 1.23 bits per heavy atom. The minimum Gasteiger partial charge on any atom is -0.364 e. The van der Waals surface area contributed by atoms with Gasteiger partial charge < -0.3 is 15.8 Å². The molecule has 0 bridgehead atoms. The van der Waals surface area contributed by atoms with E-state index in [0.29, 0.717) is 6.54 Å². The molecule has 1 amide bonds. The van der Waals surface area contributed by atoms with Gasteiger partial charge in [0.25, 0.3) is 5.91 Å². The Kier molecular flexibility index (Phi) is 9.90. The summed E-state index contributed by atoms with van der Waals surface area (Å²) in [6.07, 6.45) is 3.90. The molecule has 3 rings (SSSR count). The number of piperidine rings is 1. The lowest BCUT2D eigenvalue weighted by atomic mass is 10.00. The van der Waals surface area contributed by atoms with Crippen molar-refractivity contribution in [3.63, 3.8) is 0 Å². The topological polar surface area (TPSA) is 67.6 Å². The first-order valence-electron chi connectivity index (χ1n) is 9.11. The van der Waals surface area contributed by atoms with Gasteiger partial charge in [0.15, 0.2) is 0 Å². The summed E-state index contributed by atoms with van der Waals surface area (Å²) in [4.78, 5) is 14.7. The van der Waals surface area contributed by atoms with Crippen molar-refractivity contribution in [3.05, 3.63) is 29.8 Å². The number of benzene rings is 1. The second-order valence-electron chi connectivity index (χ2n) is 7.23. The highest BCUT2D eigenvalue weighted by atomic mass is 35.5. The molecule has 2 aliphatic heterocycles. The normalized spacial score (nSPS) is 25.8. The molecule has 2 heterocycles. The molecule has 2 fully saturated rings. The number of anilines is 1. The Morgan fingerprint density at radius 3 is 2.58 bits per heavy atom. The fraction of sp³-hybridized carbons (Fsp3) is 0.632. The van der Waals surface area contributed by atoms with Crippen molar-refractivity contribution in [2.45, 2.75) is 51.4 Å². The fourth-order valence-corrected chi connectivity index (χ4v) is 3.68. The van der Waals surface area contributed by atoms with Gasteiger partial charge in [-0.2, -0.15) is 0 Å². The number of carbonyl (C=O) groups is 1. The van der Waals surface area contributed by atoms with Gasteiger partial charge in [0.05, 0.1) is 6.10 Å². The monoisotopic (exact) mass is 403 g/mol. The number of hydrogen-bond acceptors (Lipinski definition) is 4. The van der Waals surface area contributed by atoms with Crippen molar-refractivity contribution in [1.29, 1.82) is 0 Å². The van der Waals surface area contributed by atoms with Crippen LogP contribution in [-0.4, -0.2) is 42.6 Å². The van der Waals surface area contributed by atoms with Gasteiger partial charge in [-0.15, -0.1) is 24.8 Å². The van der Waals surface area contributed by atoms with Crippen LogP contribution >= 0.6 is 24.8 Å². The van der Waals surface area contributed by atoms with E-state index in [1.165, 1.54) is 31.5 Å². The number of nitrogens with zero attached hydrogens (tertiary/aromatic N) is 1. The molecule has 7 heteroatoms. The van der Waals surface area contributed by atoms with E-state index in [-0.39, 0.29) is 42.9 Å². The van der Waals surface area contributed by atoms with E-state index in [9.17, 15) is 4.79 Å². The number of rotatable bonds is 5. The Bertz CT molecular complexity index is 556. The van der Waals surface area contributed by atoms with E-state index in [1.807, 2.05) is 12.1 Å². The maximum absolute atomic E-state index is 12.2. The maximum Gasteiger partial charge on any atom is 0.253 e. The molecule has 0 spiro atoms. The zero-order valence-corrected chi connectivity index (χ0v) is 17.0. The highest BCUT2D eigenvalue weighted by Crippen LogP contribution is 2.21. The number of likely N-dealkylation sites (tertiary alicyclic amines) is 1. The van der Waals surface area contributed by atoms with Crippen molar-refractivity contribution in [1.82, 2.24) is 4.90 Å². The van der Waals surface area contributed by atoms with Gasteiger partial charge in [0.2, 0.25) is 0 Å². The average molecular weight is 404 g/mol. The number of hydrogen-bond donors (Lipinski definition) is 2. The standard InChI is InChI=1S/C19H29N3O2.2ClH/c1-14-3-2-10-22(12-14)13-15-4-6-16(7-5-15)21-19(23)18-9-8-17(11-20)24-18;;/h4-7,14,17-18H,2-3,8-13,20H2,1H3,(H,21,23);2*1H/t14?,17-,18+;;/m1../s1. The summed E-state index contributed by atoms with van der Waals surface area (Å²) in [6.45, 7) is 6.16. The van der Waals surface area contributed by atoms with Crippen LogP contribution in [0.15, 0.2) is 24.3 Å². The molecular weight excluding hydrogens is 373 g/mol. The van der Waals surface area contributed by atoms with Crippen LogP contribution in [0.25, 0.3) is 0 Å². The zero-order valence-electron chi connectivity index (χ0n) is 15.4. The summed E-state index contributed by atoms with van der Waals surface area (Å²) in [5, 5.41) is 2.95. The van der Waals surface area contributed by atoms with Crippen molar-refractivity contribution >= 4 is 36.4 Å². The van der Waals surface area contributed by atoms with E-state index >= 15 is 0 Å². The zero-order chi connectivity index (χ0) is 16.9. The third kappa shape index (κ3) is 6.39. The number of amides is 1. The SMILES string of the molecule is CC1CCCN(Cc2ccc(NC(=O)[C@@H]3CC[C@H](CN)O3)cc2)C1.Cl.Cl. The summed E-state index contributed by atoms with van der Waals surface area (Å²) in [5.74, 6) is 0.727. The third-order valence-electron chi connectivity index (χ3n) is 5.03. The molecule has 0 saturated carbocycles. The Balaban J connectivity index is 0.00000169.